The van der Waals surface area contributed by atoms with E-state index in [1.165, 1.54) is 0 Å². The second-order valence-corrected chi connectivity index (χ2v) is 3.50. The van der Waals surface area contributed by atoms with Gasteiger partial charge in [0.1, 0.15) is 11.6 Å². The highest BCUT2D eigenvalue weighted by molar-refractivity contribution is 5.42. The Labute approximate surface area is 88.5 Å². The molecule has 0 aromatic carbocycles. The third-order valence-corrected chi connectivity index (χ3v) is 2.54. The standard InChI is InChI=1S/C11H15N3O/c1-2-9-10(13-14-11(9)12)6-5-8-4-3-7-15-8/h3-4,7H,2,5-6H2,1H3,(H3,12,13,14). The number of anilines is 1. The van der Waals surface area contributed by atoms with Crippen molar-refractivity contribution in [2.24, 2.45) is 0 Å². The number of furan rings is 1. The molecule has 0 atom stereocenters. The molecule has 4 nitrogen and oxygen atoms in total. The van der Waals surface area contributed by atoms with Crippen LogP contribution in [0, 0.1) is 0 Å². The summed E-state index contributed by atoms with van der Waals surface area (Å²) in [6, 6.07) is 3.88. The summed E-state index contributed by atoms with van der Waals surface area (Å²) in [5, 5.41) is 6.98. The number of hydrogen-bond acceptors (Lipinski definition) is 3. The third kappa shape index (κ3) is 2.03. The van der Waals surface area contributed by atoms with E-state index in [-0.39, 0.29) is 0 Å². The molecule has 0 aliphatic carbocycles. The lowest BCUT2D eigenvalue weighted by Crippen LogP contribution is -1.96. The minimum absolute atomic E-state index is 0.618. The van der Waals surface area contributed by atoms with Gasteiger partial charge in [0.25, 0.3) is 0 Å². The van der Waals surface area contributed by atoms with Crippen molar-refractivity contribution in [3.63, 3.8) is 0 Å². The molecular formula is C11H15N3O. The molecule has 0 unspecified atom stereocenters. The third-order valence-electron chi connectivity index (χ3n) is 2.54. The van der Waals surface area contributed by atoms with Crippen molar-refractivity contribution in [1.29, 1.82) is 0 Å². The predicted octanol–water partition coefficient (Wildman–Crippen LogP) is 1.93. The van der Waals surface area contributed by atoms with E-state index in [2.05, 4.69) is 17.1 Å². The smallest absolute Gasteiger partial charge is 0.148 e. The van der Waals surface area contributed by atoms with Gasteiger partial charge in [-0.05, 0) is 25.0 Å². The number of aromatic amines is 1. The van der Waals surface area contributed by atoms with Gasteiger partial charge in [-0.25, -0.2) is 0 Å². The van der Waals surface area contributed by atoms with E-state index < -0.39 is 0 Å². The summed E-state index contributed by atoms with van der Waals surface area (Å²) in [5.74, 6) is 1.61. The molecular weight excluding hydrogens is 190 g/mol. The predicted molar refractivity (Wildman–Crippen MR) is 58.5 cm³/mol. The lowest BCUT2D eigenvalue weighted by molar-refractivity contribution is 0.507. The molecule has 4 heteroatoms. The number of hydrogen-bond donors (Lipinski definition) is 2. The molecule has 0 bridgehead atoms. The van der Waals surface area contributed by atoms with Crippen LogP contribution in [0.15, 0.2) is 22.8 Å². The number of aromatic nitrogens is 2. The van der Waals surface area contributed by atoms with Crippen molar-refractivity contribution in [3.05, 3.63) is 35.4 Å². The monoisotopic (exact) mass is 205 g/mol. The first kappa shape index (κ1) is 9.83. The van der Waals surface area contributed by atoms with Crippen LogP contribution in [-0.4, -0.2) is 10.2 Å². The van der Waals surface area contributed by atoms with Crippen molar-refractivity contribution in [2.75, 3.05) is 5.73 Å². The van der Waals surface area contributed by atoms with Crippen LogP contribution in [0.1, 0.15) is 23.9 Å². The van der Waals surface area contributed by atoms with Crippen LogP contribution < -0.4 is 5.73 Å². The van der Waals surface area contributed by atoms with E-state index in [4.69, 9.17) is 10.2 Å². The maximum Gasteiger partial charge on any atom is 0.148 e. The number of nitrogen functional groups attached to an aromatic ring is 1. The summed E-state index contributed by atoms with van der Waals surface area (Å²) in [5.41, 5.74) is 7.98. The first-order chi connectivity index (χ1) is 7.31. The lowest BCUT2D eigenvalue weighted by atomic mass is 10.1. The van der Waals surface area contributed by atoms with Crippen molar-refractivity contribution < 1.29 is 4.42 Å². The molecule has 0 aliphatic rings. The second kappa shape index (κ2) is 4.21. The quantitative estimate of drug-likeness (QED) is 0.801. The average molecular weight is 205 g/mol. The Hall–Kier alpha value is -1.71. The molecule has 0 aliphatic heterocycles. The first-order valence-corrected chi connectivity index (χ1v) is 5.15. The lowest BCUT2D eigenvalue weighted by Gasteiger charge is -1.99. The zero-order valence-corrected chi connectivity index (χ0v) is 8.79. The van der Waals surface area contributed by atoms with Gasteiger partial charge in [-0.15, -0.1) is 0 Å². The fourth-order valence-corrected chi connectivity index (χ4v) is 1.72. The van der Waals surface area contributed by atoms with Gasteiger partial charge < -0.3 is 10.2 Å². The Morgan fingerprint density at radius 1 is 1.47 bits per heavy atom. The molecule has 0 radical (unpaired) electrons. The van der Waals surface area contributed by atoms with E-state index in [0.29, 0.717) is 5.82 Å². The largest absolute Gasteiger partial charge is 0.469 e. The summed E-state index contributed by atoms with van der Waals surface area (Å²) in [4.78, 5) is 0. The van der Waals surface area contributed by atoms with E-state index in [0.717, 1.165) is 36.3 Å². The van der Waals surface area contributed by atoms with Gasteiger partial charge in [-0.2, -0.15) is 5.10 Å². The number of aryl methyl sites for hydroxylation is 2. The van der Waals surface area contributed by atoms with Gasteiger partial charge in [0.05, 0.1) is 6.26 Å². The van der Waals surface area contributed by atoms with Gasteiger partial charge in [0.15, 0.2) is 0 Å². The minimum Gasteiger partial charge on any atom is -0.469 e. The summed E-state index contributed by atoms with van der Waals surface area (Å²) in [6.45, 7) is 2.08. The van der Waals surface area contributed by atoms with E-state index in [9.17, 15) is 0 Å². The molecule has 2 heterocycles. The van der Waals surface area contributed by atoms with Gasteiger partial charge in [-0.1, -0.05) is 6.92 Å². The Morgan fingerprint density at radius 3 is 3.00 bits per heavy atom. The van der Waals surface area contributed by atoms with Gasteiger partial charge in [-0.3, -0.25) is 5.10 Å². The van der Waals surface area contributed by atoms with Gasteiger partial charge >= 0.3 is 0 Å². The van der Waals surface area contributed by atoms with Crippen molar-refractivity contribution in [1.82, 2.24) is 10.2 Å². The number of rotatable bonds is 4. The topological polar surface area (TPSA) is 67.8 Å². The van der Waals surface area contributed by atoms with Crippen LogP contribution in [0.5, 0.6) is 0 Å². The molecule has 0 spiro atoms. The molecule has 3 N–H and O–H groups in total. The zero-order chi connectivity index (χ0) is 10.7. The molecule has 2 rings (SSSR count). The van der Waals surface area contributed by atoms with Crippen LogP contribution in [0.4, 0.5) is 5.82 Å². The average Bonchev–Trinajstić information content (AvgIpc) is 2.84. The molecule has 0 fully saturated rings. The van der Waals surface area contributed by atoms with Gasteiger partial charge in [0.2, 0.25) is 0 Å². The molecule has 0 saturated heterocycles. The minimum atomic E-state index is 0.618. The van der Waals surface area contributed by atoms with E-state index >= 15 is 0 Å². The second-order valence-electron chi connectivity index (χ2n) is 3.50. The molecule has 0 saturated carbocycles. The highest BCUT2D eigenvalue weighted by Crippen LogP contribution is 2.16. The molecule has 15 heavy (non-hydrogen) atoms. The normalized spacial score (nSPS) is 10.7. The highest BCUT2D eigenvalue weighted by Gasteiger charge is 2.08. The summed E-state index contributed by atoms with van der Waals surface area (Å²) >= 11 is 0. The molecule has 80 valence electrons. The highest BCUT2D eigenvalue weighted by atomic mass is 16.3. The first-order valence-electron chi connectivity index (χ1n) is 5.15. The molecule has 0 amide bonds. The fourth-order valence-electron chi connectivity index (χ4n) is 1.72. The van der Waals surface area contributed by atoms with Crippen molar-refractivity contribution in [2.45, 2.75) is 26.2 Å². The van der Waals surface area contributed by atoms with Crippen LogP contribution in [0.25, 0.3) is 0 Å². The number of nitrogens with two attached hydrogens (primary N) is 1. The molecule has 2 aromatic heterocycles. The number of nitrogens with one attached hydrogen (secondary N) is 1. The summed E-state index contributed by atoms with van der Waals surface area (Å²) < 4.78 is 5.27. The number of nitrogens with zero attached hydrogens (tertiary/aromatic N) is 1. The molecule has 2 aromatic rings. The summed E-state index contributed by atoms with van der Waals surface area (Å²) in [7, 11) is 0. The van der Waals surface area contributed by atoms with E-state index in [1.54, 1.807) is 6.26 Å². The van der Waals surface area contributed by atoms with Gasteiger partial charge in [0, 0.05) is 17.7 Å². The van der Waals surface area contributed by atoms with Crippen LogP contribution in [-0.2, 0) is 19.3 Å². The van der Waals surface area contributed by atoms with Crippen molar-refractivity contribution >= 4 is 5.82 Å². The van der Waals surface area contributed by atoms with Crippen LogP contribution in [0.3, 0.4) is 0 Å². The van der Waals surface area contributed by atoms with Crippen LogP contribution >= 0.6 is 0 Å². The summed E-state index contributed by atoms with van der Waals surface area (Å²) in [6.07, 6.45) is 4.37. The Balaban J connectivity index is 2.05. The Bertz CT molecular complexity index is 417. The number of H-pyrrole nitrogens is 1. The Kier molecular flexibility index (Phi) is 2.76. The zero-order valence-electron chi connectivity index (χ0n) is 8.79. The van der Waals surface area contributed by atoms with Crippen LogP contribution in [0.2, 0.25) is 0 Å². The van der Waals surface area contributed by atoms with E-state index in [1.807, 2.05) is 12.1 Å². The fraction of sp³-hybridized carbons (Fsp3) is 0.364. The maximum atomic E-state index is 5.74. The van der Waals surface area contributed by atoms with Crippen molar-refractivity contribution in [3.8, 4) is 0 Å². The SMILES string of the molecule is CCc1c(N)n[nH]c1CCc1ccco1. The maximum absolute atomic E-state index is 5.74. The Morgan fingerprint density at radius 2 is 2.33 bits per heavy atom.